The molecule has 0 aliphatic rings. The summed E-state index contributed by atoms with van der Waals surface area (Å²) in [6.45, 7) is 3.13. The van der Waals surface area contributed by atoms with E-state index in [-0.39, 0.29) is 25.2 Å². The number of benzene rings is 1. The molecule has 1 aromatic carbocycles. The summed E-state index contributed by atoms with van der Waals surface area (Å²) >= 11 is 5.29. The third-order valence-electron chi connectivity index (χ3n) is 7.23. The van der Waals surface area contributed by atoms with Crippen molar-refractivity contribution in [3.8, 4) is 0 Å². The number of amides is 4. The van der Waals surface area contributed by atoms with E-state index >= 15 is 0 Å². The molecule has 4 amide bonds. The number of carbonyl (C=O) groups is 4. The summed E-state index contributed by atoms with van der Waals surface area (Å²) in [5.41, 5.74) is 23.5. The van der Waals surface area contributed by atoms with Crippen LogP contribution in [-0.2, 0) is 39.1 Å². The highest BCUT2D eigenvalue weighted by Crippen LogP contribution is 2.09. The van der Waals surface area contributed by atoms with Crippen molar-refractivity contribution in [1.82, 2.24) is 30.8 Å². The smallest absolute Gasteiger partial charge is 0.243 e. The van der Waals surface area contributed by atoms with E-state index in [9.17, 15) is 19.2 Å². The molecular formula is C30H49N11O4S. The van der Waals surface area contributed by atoms with Crippen LogP contribution in [0.25, 0.3) is 0 Å². The zero-order valence-electron chi connectivity index (χ0n) is 26.6. The third kappa shape index (κ3) is 13.4. The first-order valence-electron chi connectivity index (χ1n) is 15.4. The molecule has 15 nitrogen and oxygen atoms in total. The second kappa shape index (κ2) is 20.0. The molecule has 1 unspecified atom stereocenters. The van der Waals surface area contributed by atoms with Crippen LogP contribution >= 0.6 is 12.2 Å². The molecule has 4 atom stereocenters. The van der Waals surface area contributed by atoms with Crippen LogP contribution in [0.2, 0.25) is 0 Å². The van der Waals surface area contributed by atoms with E-state index < -0.39 is 47.8 Å². The summed E-state index contributed by atoms with van der Waals surface area (Å²) in [4.78, 5) is 60.0. The van der Waals surface area contributed by atoms with Crippen molar-refractivity contribution in [3.63, 3.8) is 0 Å². The fraction of sp³-hybridized carbons (Fsp3) is 0.533. The molecule has 16 heteroatoms. The summed E-state index contributed by atoms with van der Waals surface area (Å²) in [7, 11) is 1.76. The van der Waals surface area contributed by atoms with Crippen molar-refractivity contribution in [1.29, 1.82) is 0 Å². The summed E-state index contributed by atoms with van der Waals surface area (Å²) in [5.74, 6) is -2.29. The van der Waals surface area contributed by atoms with E-state index in [1.165, 1.54) is 0 Å². The van der Waals surface area contributed by atoms with E-state index in [1.54, 1.807) is 17.8 Å². The van der Waals surface area contributed by atoms with Gasteiger partial charge in [0.25, 0.3) is 0 Å². The predicted molar refractivity (Wildman–Crippen MR) is 180 cm³/mol. The van der Waals surface area contributed by atoms with E-state index in [2.05, 4.69) is 31.2 Å². The van der Waals surface area contributed by atoms with Crippen molar-refractivity contribution in [3.05, 3.63) is 52.6 Å². The van der Waals surface area contributed by atoms with Crippen LogP contribution < -0.4 is 44.2 Å². The van der Waals surface area contributed by atoms with Crippen LogP contribution in [0.15, 0.2) is 41.5 Å². The maximum Gasteiger partial charge on any atom is 0.243 e. The Kier molecular flexibility index (Phi) is 16.5. The molecular weight excluding hydrogens is 610 g/mol. The quantitative estimate of drug-likeness (QED) is 0.0343. The number of unbranched alkanes of at least 4 members (excludes halogenated alkanes) is 1. The fourth-order valence-electron chi connectivity index (χ4n) is 4.81. The van der Waals surface area contributed by atoms with Gasteiger partial charge in [-0.1, -0.05) is 37.3 Å². The van der Waals surface area contributed by atoms with Gasteiger partial charge in [-0.05, 0) is 63.0 Å². The molecule has 0 spiro atoms. The average Bonchev–Trinajstić information content (AvgIpc) is 3.33. The van der Waals surface area contributed by atoms with Gasteiger partial charge in [-0.2, -0.15) is 0 Å². The molecule has 0 aliphatic carbocycles. The minimum absolute atomic E-state index is 0.0336. The second-order valence-electron chi connectivity index (χ2n) is 11.0. The first-order valence-corrected chi connectivity index (χ1v) is 15.8. The van der Waals surface area contributed by atoms with Crippen LogP contribution in [0.3, 0.4) is 0 Å². The molecule has 0 aliphatic heterocycles. The van der Waals surface area contributed by atoms with Crippen molar-refractivity contribution in [2.75, 3.05) is 19.6 Å². The molecule has 254 valence electrons. The molecule has 2 aromatic rings. The van der Waals surface area contributed by atoms with Gasteiger partial charge in [0.2, 0.25) is 23.6 Å². The highest BCUT2D eigenvalue weighted by Gasteiger charge is 2.31. The lowest BCUT2D eigenvalue weighted by molar-refractivity contribution is -0.133. The molecule has 0 fully saturated rings. The van der Waals surface area contributed by atoms with Crippen LogP contribution in [0, 0.1) is 4.77 Å². The third-order valence-corrected chi connectivity index (χ3v) is 7.62. The monoisotopic (exact) mass is 659 g/mol. The standard InChI is InChI=1S/C30H49N11O4S/c1-3-35-21(13-9-15-36-29(33)34)26(43)40-24(17-20-18-41(2)30(46)37-20)28(45)38-22(12-7-8-14-31)27(44)39-23(25(32)42)16-19-10-5-4-6-11-19/h4-6,10-11,18,21-24,35H,3,7-9,12-17,31H2,1-2H3,(H2,32,42)(H,37,46)(H,38,45)(H,39,44)(H,40,43)(H4,33,34,36)/t21?,22-,23-,24-/m0/s1. The molecule has 1 aromatic heterocycles. The van der Waals surface area contributed by atoms with Gasteiger partial charge < -0.3 is 53.8 Å². The molecule has 0 saturated carbocycles. The Labute approximate surface area is 274 Å². The lowest BCUT2D eigenvalue weighted by Crippen LogP contribution is -2.58. The number of aromatic nitrogens is 2. The summed E-state index contributed by atoms with van der Waals surface area (Å²) < 4.78 is 2.13. The molecule has 13 N–H and O–H groups in total. The van der Waals surface area contributed by atoms with Gasteiger partial charge in [-0.3, -0.25) is 24.2 Å². The van der Waals surface area contributed by atoms with Gasteiger partial charge in [-0.25, -0.2) is 0 Å². The number of carbonyl (C=O) groups excluding carboxylic acids is 4. The summed E-state index contributed by atoms with van der Waals surface area (Å²) in [5, 5.41) is 11.5. The van der Waals surface area contributed by atoms with Crippen molar-refractivity contribution >= 4 is 41.8 Å². The predicted octanol–water partition coefficient (Wildman–Crippen LogP) is -1.03. The second-order valence-corrected chi connectivity index (χ2v) is 11.4. The number of aryl methyl sites for hydroxylation is 1. The number of H-pyrrole nitrogens is 1. The number of aliphatic imine (C=N–C) groups is 1. The first-order chi connectivity index (χ1) is 21.9. The number of nitrogens with one attached hydrogen (secondary N) is 5. The normalized spacial score (nSPS) is 13.5. The Bertz CT molecular complexity index is 1360. The molecule has 0 bridgehead atoms. The molecule has 0 saturated heterocycles. The summed E-state index contributed by atoms with van der Waals surface area (Å²) in [6, 6.07) is 5.43. The topological polar surface area (TPSA) is 254 Å². The van der Waals surface area contributed by atoms with Crippen molar-refractivity contribution in [2.24, 2.45) is 35.0 Å². The number of guanidine groups is 1. The van der Waals surface area contributed by atoms with Gasteiger partial charge >= 0.3 is 0 Å². The Morgan fingerprint density at radius 1 is 0.870 bits per heavy atom. The maximum absolute atomic E-state index is 13.8. The van der Waals surface area contributed by atoms with Gasteiger partial charge in [0.15, 0.2) is 10.7 Å². The molecule has 46 heavy (non-hydrogen) atoms. The Balaban J connectivity index is 2.28. The van der Waals surface area contributed by atoms with Gasteiger partial charge in [0.1, 0.15) is 18.1 Å². The Morgan fingerprint density at radius 2 is 1.48 bits per heavy atom. The van der Waals surface area contributed by atoms with Crippen LogP contribution in [0.5, 0.6) is 0 Å². The van der Waals surface area contributed by atoms with E-state index in [0.29, 0.717) is 55.8 Å². The number of hydrogen-bond acceptors (Lipinski definition) is 8. The van der Waals surface area contributed by atoms with Gasteiger partial charge in [0.05, 0.1) is 6.04 Å². The minimum Gasteiger partial charge on any atom is -0.370 e. The highest BCUT2D eigenvalue weighted by molar-refractivity contribution is 7.71. The zero-order valence-corrected chi connectivity index (χ0v) is 27.4. The largest absolute Gasteiger partial charge is 0.370 e. The SMILES string of the molecule is CCNC(CCCN=C(N)N)C(=O)N[C@@H](Cc1cn(C)c(=S)[nH]1)C(=O)N[C@@H](CCCCN)C(=O)N[C@@H](Cc1ccccc1)C(N)=O. The number of nitrogens with two attached hydrogens (primary N) is 4. The number of primary amides is 1. The van der Waals surface area contributed by atoms with Crippen molar-refractivity contribution in [2.45, 2.75) is 76.0 Å². The molecule has 2 rings (SSSR count). The van der Waals surface area contributed by atoms with Crippen LogP contribution in [0.1, 0.15) is 50.3 Å². The number of likely N-dealkylation sites (N-methyl/N-ethyl adjacent to an activating group) is 1. The minimum atomic E-state index is -1.07. The van der Waals surface area contributed by atoms with E-state index in [1.807, 2.05) is 37.3 Å². The lowest BCUT2D eigenvalue weighted by atomic mass is 10.0. The fourth-order valence-corrected chi connectivity index (χ4v) is 4.99. The van der Waals surface area contributed by atoms with E-state index in [4.69, 9.17) is 35.2 Å². The van der Waals surface area contributed by atoms with Crippen LogP contribution in [0.4, 0.5) is 0 Å². The summed E-state index contributed by atoms with van der Waals surface area (Å²) in [6.07, 6.45) is 4.35. The lowest BCUT2D eigenvalue weighted by Gasteiger charge is -2.26. The Morgan fingerprint density at radius 3 is 2.07 bits per heavy atom. The molecule has 1 heterocycles. The van der Waals surface area contributed by atoms with Crippen LogP contribution in [-0.4, -0.2) is 82.9 Å². The number of rotatable bonds is 21. The maximum atomic E-state index is 13.8. The molecule has 0 radical (unpaired) electrons. The number of aromatic amines is 1. The van der Waals surface area contributed by atoms with Crippen molar-refractivity contribution < 1.29 is 19.2 Å². The number of hydrogen-bond donors (Lipinski definition) is 9. The van der Waals surface area contributed by atoms with Gasteiger partial charge in [-0.15, -0.1) is 0 Å². The highest BCUT2D eigenvalue weighted by atomic mass is 32.1. The zero-order chi connectivity index (χ0) is 34.1. The number of imidazole rings is 1. The number of nitrogens with zero attached hydrogens (tertiary/aromatic N) is 2. The first kappa shape index (κ1) is 37.9. The van der Waals surface area contributed by atoms with Gasteiger partial charge in [0, 0.05) is 38.3 Å². The average molecular weight is 660 g/mol. The van der Waals surface area contributed by atoms with E-state index in [0.717, 1.165) is 5.56 Å². The Hall–Kier alpha value is -4.28.